The number of imide groups is 1. The summed E-state index contributed by atoms with van der Waals surface area (Å²) in [5.74, 6) is -0.249. The van der Waals surface area contributed by atoms with Crippen LogP contribution in [0.15, 0.2) is 54.6 Å². The SMILES string of the molecule is CC1(C)[C@@H](Oc2ccc(C#N)c(Cl)c2)CN1C(=O)c1ccc(N2CCC(N3Cc4cc5c(cc4C3)C(=O)N(C3CCC(=O)NC3=O)C5)CC2)cc1. The molecule has 2 atom stereocenters. The van der Waals surface area contributed by atoms with Gasteiger partial charge in [0.25, 0.3) is 11.8 Å². The molecule has 1 unspecified atom stereocenters. The largest absolute Gasteiger partial charge is 0.486 e. The number of likely N-dealkylation sites (tertiary alicyclic amines) is 1. The maximum atomic E-state index is 13.5. The first-order valence-electron chi connectivity index (χ1n) is 17.6. The van der Waals surface area contributed by atoms with Crippen molar-refractivity contribution >= 4 is 40.9 Å². The summed E-state index contributed by atoms with van der Waals surface area (Å²) < 4.78 is 6.14. The molecule has 0 saturated carbocycles. The minimum Gasteiger partial charge on any atom is -0.486 e. The Morgan fingerprint density at radius 1 is 0.941 bits per heavy atom. The minimum absolute atomic E-state index is 0.0343. The molecule has 0 aromatic heterocycles. The van der Waals surface area contributed by atoms with Gasteiger partial charge in [-0.3, -0.25) is 29.4 Å². The number of nitriles is 1. The number of carbonyl (C=O) groups excluding carboxylic acids is 4. The maximum absolute atomic E-state index is 13.5. The molecule has 3 aromatic carbocycles. The summed E-state index contributed by atoms with van der Waals surface area (Å²) >= 11 is 6.18. The third-order valence-electron chi connectivity index (χ3n) is 11.5. The lowest BCUT2D eigenvalue weighted by molar-refractivity contribution is -0.136. The Kier molecular flexibility index (Phi) is 8.27. The molecule has 3 fully saturated rings. The van der Waals surface area contributed by atoms with Crippen molar-refractivity contribution in [3.8, 4) is 11.8 Å². The normalized spacial score (nSPS) is 23.0. The second-order valence-electron chi connectivity index (χ2n) is 14.8. The van der Waals surface area contributed by atoms with E-state index in [0.717, 1.165) is 50.3 Å². The van der Waals surface area contributed by atoms with Crippen LogP contribution < -0.4 is 15.0 Å². The zero-order valence-corrected chi connectivity index (χ0v) is 29.4. The van der Waals surface area contributed by atoms with Crippen molar-refractivity contribution in [3.05, 3.63) is 93.0 Å². The third-order valence-corrected chi connectivity index (χ3v) is 11.8. The Morgan fingerprint density at radius 3 is 2.33 bits per heavy atom. The summed E-state index contributed by atoms with van der Waals surface area (Å²) in [6.45, 7) is 8.32. The van der Waals surface area contributed by atoms with Crippen LogP contribution in [0.1, 0.15) is 82.5 Å². The van der Waals surface area contributed by atoms with Gasteiger partial charge in [-0.2, -0.15) is 5.26 Å². The Bertz CT molecular complexity index is 2000. The number of hydrogen-bond acceptors (Lipinski definition) is 8. The van der Waals surface area contributed by atoms with E-state index in [9.17, 15) is 19.2 Å². The van der Waals surface area contributed by atoms with Gasteiger partial charge in [-0.1, -0.05) is 17.7 Å². The van der Waals surface area contributed by atoms with Gasteiger partial charge in [0.15, 0.2) is 0 Å². The molecule has 1 N–H and O–H groups in total. The number of piperidine rings is 2. The fraction of sp³-hybridized carbons (Fsp3) is 0.410. The van der Waals surface area contributed by atoms with Crippen LogP contribution in [-0.4, -0.2) is 81.7 Å². The van der Waals surface area contributed by atoms with Crippen LogP contribution in [0.25, 0.3) is 0 Å². The molecule has 12 heteroatoms. The fourth-order valence-electron chi connectivity index (χ4n) is 8.25. The number of halogens is 1. The van der Waals surface area contributed by atoms with Crippen LogP contribution in [0, 0.1) is 11.3 Å². The second kappa shape index (κ2) is 12.7. The topological polar surface area (TPSA) is 126 Å². The predicted octanol–water partition coefficient (Wildman–Crippen LogP) is 4.64. The van der Waals surface area contributed by atoms with Gasteiger partial charge < -0.3 is 19.4 Å². The lowest BCUT2D eigenvalue weighted by Gasteiger charge is -2.54. The molecule has 0 aliphatic carbocycles. The molecular formula is C39H39ClN6O5. The highest BCUT2D eigenvalue weighted by Crippen LogP contribution is 2.38. The molecule has 3 aromatic rings. The molecular weight excluding hydrogens is 668 g/mol. The van der Waals surface area contributed by atoms with Crippen molar-refractivity contribution < 1.29 is 23.9 Å². The quantitative estimate of drug-likeness (QED) is 0.368. The van der Waals surface area contributed by atoms with Gasteiger partial charge >= 0.3 is 0 Å². The summed E-state index contributed by atoms with van der Waals surface area (Å²) in [5, 5.41) is 11.8. The molecule has 5 heterocycles. The number of hydrogen-bond donors (Lipinski definition) is 1. The lowest BCUT2D eigenvalue weighted by Crippen LogP contribution is -2.71. The molecule has 4 amide bonds. The first kappa shape index (κ1) is 33.2. The van der Waals surface area contributed by atoms with Gasteiger partial charge in [-0.05, 0) is 92.3 Å². The van der Waals surface area contributed by atoms with Crippen molar-refractivity contribution in [1.29, 1.82) is 5.26 Å². The molecule has 11 nitrogen and oxygen atoms in total. The number of amides is 4. The molecule has 0 spiro atoms. The van der Waals surface area contributed by atoms with Crippen LogP contribution in [0.3, 0.4) is 0 Å². The molecule has 51 heavy (non-hydrogen) atoms. The maximum Gasteiger partial charge on any atom is 0.255 e. The van der Waals surface area contributed by atoms with Gasteiger partial charge in [-0.25, -0.2) is 0 Å². The number of carbonyl (C=O) groups is 4. The molecule has 8 rings (SSSR count). The summed E-state index contributed by atoms with van der Waals surface area (Å²) in [4.78, 5) is 59.2. The summed E-state index contributed by atoms with van der Waals surface area (Å²) in [7, 11) is 0. The molecule has 5 aliphatic rings. The number of anilines is 1. The molecule has 0 radical (unpaired) electrons. The predicted molar refractivity (Wildman–Crippen MR) is 189 cm³/mol. The second-order valence-corrected chi connectivity index (χ2v) is 15.2. The van der Waals surface area contributed by atoms with E-state index in [1.807, 2.05) is 55.1 Å². The fourth-order valence-corrected chi connectivity index (χ4v) is 8.47. The number of ether oxygens (including phenoxy) is 1. The Balaban J connectivity index is 0.837. The van der Waals surface area contributed by atoms with Crippen molar-refractivity contribution in [2.45, 2.75) is 82.9 Å². The average Bonchev–Trinajstić information content (AvgIpc) is 3.68. The molecule has 5 aliphatic heterocycles. The van der Waals surface area contributed by atoms with E-state index in [0.29, 0.717) is 53.0 Å². The van der Waals surface area contributed by atoms with Gasteiger partial charge in [0.1, 0.15) is 24.0 Å². The van der Waals surface area contributed by atoms with Crippen LogP contribution in [0.2, 0.25) is 5.02 Å². The number of nitrogens with zero attached hydrogens (tertiary/aromatic N) is 5. The first-order chi connectivity index (χ1) is 24.5. The Morgan fingerprint density at radius 2 is 1.67 bits per heavy atom. The highest BCUT2D eigenvalue weighted by molar-refractivity contribution is 6.31. The Labute approximate surface area is 301 Å². The van der Waals surface area contributed by atoms with E-state index in [2.05, 4.69) is 21.2 Å². The number of benzene rings is 3. The number of rotatable bonds is 6. The molecule has 262 valence electrons. The van der Waals surface area contributed by atoms with Gasteiger partial charge in [0.2, 0.25) is 11.8 Å². The van der Waals surface area contributed by atoms with Crippen molar-refractivity contribution in [3.63, 3.8) is 0 Å². The summed E-state index contributed by atoms with van der Waals surface area (Å²) in [6, 6.07) is 19.0. The van der Waals surface area contributed by atoms with Gasteiger partial charge in [0.05, 0.1) is 22.7 Å². The minimum atomic E-state index is -0.598. The van der Waals surface area contributed by atoms with Crippen molar-refractivity contribution in [1.82, 2.24) is 20.0 Å². The van der Waals surface area contributed by atoms with E-state index in [4.69, 9.17) is 21.6 Å². The van der Waals surface area contributed by atoms with Crippen LogP contribution in [0.5, 0.6) is 5.75 Å². The average molecular weight is 707 g/mol. The van der Waals surface area contributed by atoms with Gasteiger partial charge in [0, 0.05) is 68.1 Å². The van der Waals surface area contributed by atoms with E-state index in [1.54, 1.807) is 23.1 Å². The Hall–Kier alpha value is -4.92. The van der Waals surface area contributed by atoms with E-state index in [1.165, 1.54) is 11.1 Å². The molecule has 3 saturated heterocycles. The van der Waals surface area contributed by atoms with E-state index >= 15 is 0 Å². The van der Waals surface area contributed by atoms with E-state index in [-0.39, 0.29) is 36.2 Å². The number of nitrogens with one attached hydrogen (secondary N) is 1. The zero-order valence-electron chi connectivity index (χ0n) is 28.7. The van der Waals surface area contributed by atoms with Crippen LogP contribution in [-0.2, 0) is 29.2 Å². The molecule has 0 bridgehead atoms. The number of fused-ring (bicyclic) bond motifs is 2. The van der Waals surface area contributed by atoms with Crippen LogP contribution in [0.4, 0.5) is 5.69 Å². The highest BCUT2D eigenvalue weighted by Gasteiger charge is 2.51. The third kappa shape index (κ3) is 5.90. The standard InChI is InChI=1S/C39H39ClN6O5/c1-39(2)34(51-30-8-5-24(18-41)32(40)17-30)22-46(39)37(49)23-3-6-28(7-4-23)43-13-11-29(12-14-43)44-19-25-15-27-21-45(33-9-10-35(47)42-36(33)48)38(50)31(27)16-26(25)20-44/h3-8,15-17,29,33-34H,9-14,19-22H2,1-2H3,(H,42,47,48)/t33?,34-/m0/s1. The van der Waals surface area contributed by atoms with Crippen molar-refractivity contribution in [2.75, 3.05) is 24.5 Å². The monoisotopic (exact) mass is 706 g/mol. The van der Waals surface area contributed by atoms with Crippen LogP contribution >= 0.6 is 11.6 Å². The smallest absolute Gasteiger partial charge is 0.255 e. The zero-order chi connectivity index (χ0) is 35.6. The van der Waals surface area contributed by atoms with E-state index < -0.39 is 11.6 Å². The van der Waals surface area contributed by atoms with Crippen molar-refractivity contribution in [2.24, 2.45) is 0 Å². The first-order valence-corrected chi connectivity index (χ1v) is 17.9. The lowest BCUT2D eigenvalue weighted by atomic mass is 9.84. The summed E-state index contributed by atoms with van der Waals surface area (Å²) in [6.07, 6.45) is 2.45. The highest BCUT2D eigenvalue weighted by atomic mass is 35.5. The summed E-state index contributed by atoms with van der Waals surface area (Å²) in [5.41, 5.74) is 5.68. The van der Waals surface area contributed by atoms with Gasteiger partial charge in [-0.15, -0.1) is 0 Å².